The van der Waals surface area contributed by atoms with Crippen LogP contribution < -0.4 is 10.6 Å². The van der Waals surface area contributed by atoms with Crippen molar-refractivity contribution in [2.45, 2.75) is 20.3 Å². The van der Waals surface area contributed by atoms with E-state index in [9.17, 15) is 4.79 Å². The van der Waals surface area contributed by atoms with Gasteiger partial charge in [0.05, 0.1) is 0 Å². The molecule has 0 aromatic heterocycles. The van der Waals surface area contributed by atoms with Gasteiger partial charge in [-0.15, -0.1) is 0 Å². The van der Waals surface area contributed by atoms with Crippen molar-refractivity contribution in [3.8, 4) is 0 Å². The number of carbonyl (C=O) groups is 1. The maximum absolute atomic E-state index is 12.0. The molecule has 1 atom stereocenters. The molecule has 0 spiro atoms. The maximum atomic E-state index is 12.0. The first-order chi connectivity index (χ1) is 7.69. The van der Waals surface area contributed by atoms with Crippen LogP contribution in [0.4, 0.5) is 5.69 Å². The van der Waals surface area contributed by atoms with Crippen LogP contribution in [-0.2, 0) is 4.79 Å². The Morgan fingerprint density at radius 3 is 2.50 bits per heavy atom. The number of para-hydroxylation sites is 1. The number of carbonyl (C=O) groups excluding carboxylic acids is 1. The molecule has 0 aliphatic heterocycles. The minimum Gasteiger partial charge on any atom is -0.330 e. The fourth-order valence-corrected chi connectivity index (χ4v) is 1.60. The summed E-state index contributed by atoms with van der Waals surface area (Å²) in [4.78, 5) is 13.8. The van der Waals surface area contributed by atoms with Crippen molar-refractivity contribution in [1.82, 2.24) is 0 Å². The molecule has 1 aromatic rings. The summed E-state index contributed by atoms with van der Waals surface area (Å²) in [6.07, 6.45) is 0.513. The first kappa shape index (κ1) is 12.7. The van der Waals surface area contributed by atoms with E-state index in [1.54, 1.807) is 4.90 Å². The molecular formula is C13H20N2O. The van der Waals surface area contributed by atoms with E-state index in [-0.39, 0.29) is 11.8 Å². The minimum absolute atomic E-state index is 0.145. The van der Waals surface area contributed by atoms with Crippen LogP contribution in [0.2, 0.25) is 0 Å². The minimum atomic E-state index is 0.145. The van der Waals surface area contributed by atoms with Crippen molar-refractivity contribution in [3.05, 3.63) is 30.3 Å². The van der Waals surface area contributed by atoms with Gasteiger partial charge < -0.3 is 10.6 Å². The van der Waals surface area contributed by atoms with Gasteiger partial charge in [-0.3, -0.25) is 4.79 Å². The molecule has 0 heterocycles. The van der Waals surface area contributed by atoms with E-state index < -0.39 is 0 Å². The van der Waals surface area contributed by atoms with Crippen molar-refractivity contribution < 1.29 is 4.79 Å². The Bertz CT molecular complexity index is 324. The van der Waals surface area contributed by atoms with Gasteiger partial charge in [-0.25, -0.2) is 0 Å². The predicted molar refractivity (Wildman–Crippen MR) is 67.3 cm³/mol. The highest BCUT2D eigenvalue weighted by atomic mass is 16.2. The second-order valence-electron chi connectivity index (χ2n) is 4.02. The lowest BCUT2D eigenvalue weighted by atomic mass is 10.1. The summed E-state index contributed by atoms with van der Waals surface area (Å²) in [7, 11) is 0. The number of hydrogen-bond acceptors (Lipinski definition) is 2. The van der Waals surface area contributed by atoms with E-state index in [1.807, 2.05) is 44.2 Å². The molecule has 3 nitrogen and oxygen atoms in total. The molecule has 0 bridgehead atoms. The summed E-state index contributed by atoms with van der Waals surface area (Å²) >= 11 is 0. The molecule has 0 radical (unpaired) electrons. The zero-order chi connectivity index (χ0) is 12.0. The smallest absolute Gasteiger partial charge is 0.227 e. The van der Waals surface area contributed by atoms with Crippen LogP contribution in [0.15, 0.2) is 30.3 Å². The Morgan fingerprint density at radius 2 is 2.00 bits per heavy atom. The van der Waals surface area contributed by atoms with Crippen molar-refractivity contribution in [1.29, 1.82) is 0 Å². The van der Waals surface area contributed by atoms with Crippen LogP contribution in [0, 0.1) is 5.92 Å². The molecule has 0 saturated carbocycles. The van der Waals surface area contributed by atoms with Gasteiger partial charge in [0.15, 0.2) is 0 Å². The van der Waals surface area contributed by atoms with Gasteiger partial charge in [-0.05, 0) is 31.5 Å². The zero-order valence-corrected chi connectivity index (χ0v) is 10.0. The molecular weight excluding hydrogens is 200 g/mol. The third kappa shape index (κ3) is 3.35. The molecule has 0 aliphatic rings. The SMILES string of the molecule is CCN(C(=O)CC(C)CN)c1ccccc1. The summed E-state index contributed by atoms with van der Waals surface area (Å²) in [6.45, 7) is 5.23. The first-order valence-corrected chi connectivity index (χ1v) is 5.74. The number of amides is 1. The summed E-state index contributed by atoms with van der Waals surface area (Å²) in [5.74, 6) is 0.386. The Labute approximate surface area is 97.2 Å². The largest absolute Gasteiger partial charge is 0.330 e. The van der Waals surface area contributed by atoms with Gasteiger partial charge in [-0.2, -0.15) is 0 Å². The third-order valence-electron chi connectivity index (χ3n) is 2.61. The Kier molecular flexibility index (Phi) is 4.99. The van der Waals surface area contributed by atoms with E-state index >= 15 is 0 Å². The Hall–Kier alpha value is -1.35. The van der Waals surface area contributed by atoms with Gasteiger partial charge in [0, 0.05) is 18.7 Å². The highest BCUT2D eigenvalue weighted by Gasteiger charge is 2.15. The predicted octanol–water partition coefficient (Wildman–Crippen LogP) is 2.02. The fraction of sp³-hybridized carbons (Fsp3) is 0.462. The molecule has 0 aliphatic carbocycles. The van der Waals surface area contributed by atoms with Gasteiger partial charge in [0.25, 0.3) is 0 Å². The van der Waals surface area contributed by atoms with Crippen LogP contribution >= 0.6 is 0 Å². The molecule has 16 heavy (non-hydrogen) atoms. The average Bonchev–Trinajstić information content (AvgIpc) is 2.31. The van der Waals surface area contributed by atoms with Crippen LogP contribution in [0.5, 0.6) is 0 Å². The average molecular weight is 220 g/mol. The van der Waals surface area contributed by atoms with E-state index in [4.69, 9.17) is 5.73 Å². The summed E-state index contributed by atoms with van der Waals surface area (Å²) in [6, 6.07) is 9.74. The topological polar surface area (TPSA) is 46.3 Å². The first-order valence-electron chi connectivity index (χ1n) is 5.74. The van der Waals surface area contributed by atoms with Crippen molar-refractivity contribution in [2.24, 2.45) is 11.7 Å². The monoisotopic (exact) mass is 220 g/mol. The van der Waals surface area contributed by atoms with Crippen LogP contribution in [0.25, 0.3) is 0 Å². The lowest BCUT2D eigenvalue weighted by Gasteiger charge is -2.22. The van der Waals surface area contributed by atoms with Gasteiger partial charge >= 0.3 is 0 Å². The highest BCUT2D eigenvalue weighted by molar-refractivity contribution is 5.93. The third-order valence-corrected chi connectivity index (χ3v) is 2.61. The summed E-state index contributed by atoms with van der Waals surface area (Å²) in [5.41, 5.74) is 6.49. The number of rotatable bonds is 5. The quantitative estimate of drug-likeness (QED) is 0.825. The molecule has 88 valence electrons. The molecule has 1 rings (SSSR count). The lowest BCUT2D eigenvalue weighted by molar-refractivity contribution is -0.119. The Morgan fingerprint density at radius 1 is 1.38 bits per heavy atom. The van der Waals surface area contributed by atoms with E-state index in [2.05, 4.69) is 0 Å². The van der Waals surface area contributed by atoms with E-state index in [0.717, 1.165) is 5.69 Å². The van der Waals surface area contributed by atoms with E-state index in [0.29, 0.717) is 19.5 Å². The molecule has 1 amide bonds. The summed E-state index contributed by atoms with van der Waals surface area (Å²) < 4.78 is 0. The van der Waals surface area contributed by atoms with Crippen LogP contribution in [0.1, 0.15) is 20.3 Å². The summed E-state index contributed by atoms with van der Waals surface area (Å²) in [5, 5.41) is 0. The highest BCUT2D eigenvalue weighted by Crippen LogP contribution is 2.15. The second kappa shape index (κ2) is 6.28. The van der Waals surface area contributed by atoms with Crippen LogP contribution in [-0.4, -0.2) is 19.0 Å². The molecule has 0 fully saturated rings. The molecule has 2 N–H and O–H groups in total. The van der Waals surface area contributed by atoms with Gasteiger partial charge in [0.1, 0.15) is 0 Å². The number of hydrogen-bond donors (Lipinski definition) is 1. The van der Waals surface area contributed by atoms with Crippen molar-refractivity contribution >= 4 is 11.6 Å². The van der Waals surface area contributed by atoms with Crippen LogP contribution in [0.3, 0.4) is 0 Å². The fourth-order valence-electron chi connectivity index (χ4n) is 1.60. The van der Waals surface area contributed by atoms with Crippen molar-refractivity contribution in [2.75, 3.05) is 18.0 Å². The number of nitrogens with two attached hydrogens (primary N) is 1. The zero-order valence-electron chi connectivity index (χ0n) is 10.0. The molecule has 3 heteroatoms. The number of benzene rings is 1. The maximum Gasteiger partial charge on any atom is 0.227 e. The molecule has 1 aromatic carbocycles. The van der Waals surface area contributed by atoms with Gasteiger partial charge in [-0.1, -0.05) is 25.1 Å². The lowest BCUT2D eigenvalue weighted by Crippen LogP contribution is -2.32. The Balaban J connectivity index is 2.71. The molecule has 1 unspecified atom stereocenters. The standard InChI is InChI=1S/C13H20N2O/c1-3-15(12-7-5-4-6-8-12)13(16)9-11(2)10-14/h4-8,11H,3,9-10,14H2,1-2H3. The van der Waals surface area contributed by atoms with Crippen molar-refractivity contribution in [3.63, 3.8) is 0 Å². The van der Waals surface area contributed by atoms with E-state index in [1.165, 1.54) is 0 Å². The van der Waals surface area contributed by atoms with Gasteiger partial charge in [0.2, 0.25) is 5.91 Å². The number of anilines is 1. The second-order valence-corrected chi connectivity index (χ2v) is 4.02. The number of nitrogens with zero attached hydrogens (tertiary/aromatic N) is 1. The molecule has 0 saturated heterocycles. The normalized spacial score (nSPS) is 12.2.